The predicted octanol–water partition coefficient (Wildman–Crippen LogP) is 3.90. The van der Waals surface area contributed by atoms with Crippen molar-refractivity contribution in [3.05, 3.63) is 72.0 Å². The van der Waals surface area contributed by atoms with Crippen LogP contribution in [0.15, 0.2) is 65.3 Å². The lowest BCUT2D eigenvalue weighted by Gasteiger charge is -2.06. The molecular formula is C18H17NO3. The predicted molar refractivity (Wildman–Crippen MR) is 84.5 cm³/mol. The van der Waals surface area contributed by atoms with Gasteiger partial charge in [-0.05, 0) is 23.6 Å². The van der Waals surface area contributed by atoms with E-state index in [-0.39, 0.29) is 6.61 Å². The van der Waals surface area contributed by atoms with E-state index >= 15 is 0 Å². The summed E-state index contributed by atoms with van der Waals surface area (Å²) in [7, 11) is 0. The van der Waals surface area contributed by atoms with E-state index in [0.29, 0.717) is 13.0 Å². The van der Waals surface area contributed by atoms with Crippen molar-refractivity contribution >= 4 is 17.1 Å². The summed E-state index contributed by atoms with van der Waals surface area (Å²) in [5, 5.41) is 3.84. The molecule has 4 nitrogen and oxygen atoms in total. The molecule has 0 saturated carbocycles. The number of alkyl carbamates (subject to hydrolysis) is 1. The highest BCUT2D eigenvalue weighted by Gasteiger charge is 2.06. The van der Waals surface area contributed by atoms with E-state index in [4.69, 9.17) is 9.15 Å². The van der Waals surface area contributed by atoms with Gasteiger partial charge in [-0.1, -0.05) is 48.5 Å². The average molecular weight is 295 g/mol. The Bertz CT molecular complexity index is 749. The molecular weight excluding hydrogens is 278 g/mol. The summed E-state index contributed by atoms with van der Waals surface area (Å²) in [6.45, 7) is 0.790. The highest BCUT2D eigenvalue weighted by molar-refractivity contribution is 5.80. The first-order chi connectivity index (χ1) is 10.8. The number of hydrogen-bond acceptors (Lipinski definition) is 3. The van der Waals surface area contributed by atoms with Crippen molar-refractivity contribution in [3.63, 3.8) is 0 Å². The maximum Gasteiger partial charge on any atom is 0.407 e. The van der Waals surface area contributed by atoms with Crippen LogP contribution >= 0.6 is 0 Å². The third-order valence-electron chi connectivity index (χ3n) is 3.44. The van der Waals surface area contributed by atoms with Gasteiger partial charge in [-0.2, -0.15) is 0 Å². The third kappa shape index (κ3) is 3.47. The Morgan fingerprint density at radius 2 is 1.82 bits per heavy atom. The van der Waals surface area contributed by atoms with Gasteiger partial charge in [-0.3, -0.25) is 0 Å². The lowest BCUT2D eigenvalue weighted by atomic mass is 10.1. The molecule has 0 saturated heterocycles. The minimum absolute atomic E-state index is 0.279. The van der Waals surface area contributed by atoms with Crippen molar-refractivity contribution < 1.29 is 13.9 Å². The second-order valence-electron chi connectivity index (χ2n) is 5.00. The summed E-state index contributed by atoms with van der Waals surface area (Å²) >= 11 is 0. The molecule has 2 aromatic carbocycles. The number of para-hydroxylation sites is 1. The fourth-order valence-corrected chi connectivity index (χ4v) is 2.30. The maximum atomic E-state index is 11.7. The lowest BCUT2D eigenvalue weighted by molar-refractivity contribution is 0.140. The highest BCUT2D eigenvalue weighted by Crippen LogP contribution is 2.20. The minimum Gasteiger partial charge on any atom is -0.464 e. The van der Waals surface area contributed by atoms with Crippen molar-refractivity contribution in [2.45, 2.75) is 13.0 Å². The number of benzene rings is 2. The van der Waals surface area contributed by atoms with Gasteiger partial charge < -0.3 is 14.5 Å². The van der Waals surface area contributed by atoms with Crippen LogP contribution in [-0.4, -0.2) is 12.6 Å². The molecule has 1 N–H and O–H groups in total. The van der Waals surface area contributed by atoms with Gasteiger partial charge >= 0.3 is 6.09 Å². The third-order valence-corrected chi connectivity index (χ3v) is 3.44. The summed E-state index contributed by atoms with van der Waals surface area (Å²) in [6, 6.07) is 17.5. The van der Waals surface area contributed by atoms with Crippen LogP contribution < -0.4 is 5.32 Å². The van der Waals surface area contributed by atoms with Crippen LogP contribution in [0.25, 0.3) is 11.0 Å². The second kappa shape index (κ2) is 6.80. The zero-order valence-corrected chi connectivity index (χ0v) is 12.1. The molecule has 0 unspecified atom stereocenters. The zero-order valence-electron chi connectivity index (χ0n) is 12.1. The van der Waals surface area contributed by atoms with Crippen molar-refractivity contribution in [1.29, 1.82) is 0 Å². The number of fused-ring (bicyclic) bond motifs is 1. The SMILES string of the molecule is O=C(NCCc1coc2ccccc12)OCc1ccccc1. The smallest absolute Gasteiger partial charge is 0.407 e. The van der Waals surface area contributed by atoms with Gasteiger partial charge in [0.2, 0.25) is 0 Å². The van der Waals surface area contributed by atoms with E-state index in [1.54, 1.807) is 6.26 Å². The Kier molecular flexibility index (Phi) is 4.39. The first kappa shape index (κ1) is 14.2. The monoisotopic (exact) mass is 295 g/mol. The Hall–Kier alpha value is -2.75. The topological polar surface area (TPSA) is 51.5 Å². The average Bonchev–Trinajstić information content (AvgIpc) is 2.97. The molecule has 4 heteroatoms. The zero-order chi connectivity index (χ0) is 15.2. The van der Waals surface area contributed by atoms with Gasteiger partial charge in [0.1, 0.15) is 12.2 Å². The van der Waals surface area contributed by atoms with Crippen molar-refractivity contribution in [2.75, 3.05) is 6.54 Å². The highest BCUT2D eigenvalue weighted by atomic mass is 16.5. The number of carbonyl (C=O) groups is 1. The molecule has 0 bridgehead atoms. The standard InChI is InChI=1S/C18H17NO3/c20-18(22-12-14-6-2-1-3-7-14)19-11-10-15-13-21-17-9-5-4-8-16(15)17/h1-9,13H,10-12H2,(H,19,20). The number of amides is 1. The minimum atomic E-state index is -0.406. The molecule has 22 heavy (non-hydrogen) atoms. The summed E-state index contributed by atoms with van der Waals surface area (Å²) in [5.74, 6) is 0. The van der Waals surface area contributed by atoms with E-state index < -0.39 is 6.09 Å². The molecule has 0 radical (unpaired) electrons. The van der Waals surface area contributed by atoms with Gasteiger partial charge in [0.25, 0.3) is 0 Å². The van der Waals surface area contributed by atoms with Crippen LogP contribution in [0.3, 0.4) is 0 Å². The lowest BCUT2D eigenvalue weighted by Crippen LogP contribution is -2.26. The van der Waals surface area contributed by atoms with Crippen LogP contribution in [0.4, 0.5) is 4.79 Å². The number of furan rings is 1. The molecule has 0 fully saturated rings. The molecule has 0 aliphatic heterocycles. The van der Waals surface area contributed by atoms with E-state index in [9.17, 15) is 4.79 Å². The van der Waals surface area contributed by atoms with E-state index in [0.717, 1.165) is 22.1 Å². The first-order valence-electron chi connectivity index (χ1n) is 7.22. The molecule has 112 valence electrons. The normalized spacial score (nSPS) is 10.5. The van der Waals surface area contributed by atoms with Crippen LogP contribution in [-0.2, 0) is 17.8 Å². The molecule has 0 atom stereocenters. The van der Waals surface area contributed by atoms with Crippen molar-refractivity contribution in [3.8, 4) is 0 Å². The summed E-state index contributed by atoms with van der Waals surface area (Å²) in [4.78, 5) is 11.7. The van der Waals surface area contributed by atoms with Crippen molar-refractivity contribution in [2.24, 2.45) is 0 Å². The molecule has 0 aliphatic carbocycles. The van der Waals surface area contributed by atoms with Gasteiger partial charge in [0.05, 0.1) is 6.26 Å². The number of nitrogens with one attached hydrogen (secondary N) is 1. The molecule has 1 aromatic heterocycles. The molecule has 1 amide bonds. The summed E-state index contributed by atoms with van der Waals surface area (Å²) in [5.41, 5.74) is 2.92. The van der Waals surface area contributed by atoms with Crippen LogP contribution in [0, 0.1) is 0 Å². The molecule has 0 aliphatic rings. The Balaban J connectivity index is 1.45. The number of carbonyl (C=O) groups excluding carboxylic acids is 1. The van der Waals surface area contributed by atoms with Gasteiger partial charge in [0.15, 0.2) is 0 Å². The quantitative estimate of drug-likeness (QED) is 0.776. The first-order valence-corrected chi connectivity index (χ1v) is 7.22. The fraction of sp³-hybridized carbons (Fsp3) is 0.167. The number of rotatable bonds is 5. The molecule has 1 heterocycles. The van der Waals surface area contributed by atoms with Crippen LogP contribution in [0.2, 0.25) is 0 Å². The van der Waals surface area contributed by atoms with E-state index in [2.05, 4.69) is 5.32 Å². The summed E-state index contributed by atoms with van der Waals surface area (Å²) < 4.78 is 10.6. The van der Waals surface area contributed by atoms with Gasteiger partial charge in [-0.15, -0.1) is 0 Å². The van der Waals surface area contributed by atoms with Gasteiger partial charge in [0, 0.05) is 11.9 Å². The van der Waals surface area contributed by atoms with Gasteiger partial charge in [-0.25, -0.2) is 4.79 Å². The Labute approximate surface area is 128 Å². The van der Waals surface area contributed by atoms with E-state index in [1.165, 1.54) is 0 Å². The van der Waals surface area contributed by atoms with Crippen molar-refractivity contribution in [1.82, 2.24) is 5.32 Å². The van der Waals surface area contributed by atoms with E-state index in [1.807, 2.05) is 54.6 Å². The Morgan fingerprint density at radius 1 is 1.05 bits per heavy atom. The Morgan fingerprint density at radius 3 is 2.68 bits per heavy atom. The second-order valence-corrected chi connectivity index (χ2v) is 5.00. The van der Waals surface area contributed by atoms with Crippen LogP contribution in [0.5, 0.6) is 0 Å². The molecule has 3 aromatic rings. The molecule has 0 spiro atoms. The largest absolute Gasteiger partial charge is 0.464 e. The maximum absolute atomic E-state index is 11.7. The number of hydrogen-bond donors (Lipinski definition) is 1. The summed E-state index contributed by atoms with van der Waals surface area (Å²) in [6.07, 6.45) is 2.04. The number of ether oxygens (including phenoxy) is 1. The van der Waals surface area contributed by atoms with Crippen LogP contribution in [0.1, 0.15) is 11.1 Å². The molecule has 3 rings (SSSR count). The fourth-order valence-electron chi connectivity index (χ4n) is 2.30.